The van der Waals surface area contributed by atoms with Crippen molar-refractivity contribution in [3.8, 4) is 0 Å². The third kappa shape index (κ3) is 2.44. The summed E-state index contributed by atoms with van der Waals surface area (Å²) in [5.74, 6) is -0.570. The molecule has 0 aliphatic heterocycles. The van der Waals surface area contributed by atoms with Gasteiger partial charge in [-0.05, 0) is 30.6 Å². The number of hydrogen-bond acceptors (Lipinski definition) is 2. The zero-order chi connectivity index (χ0) is 10.1. The number of carboxylic acids is 1. The van der Waals surface area contributed by atoms with Crippen molar-refractivity contribution in [2.75, 3.05) is 6.61 Å². The largest absolute Gasteiger partial charge is 0.481 e. The van der Waals surface area contributed by atoms with Gasteiger partial charge in [-0.15, -0.1) is 0 Å². The van der Waals surface area contributed by atoms with Crippen molar-refractivity contribution in [2.24, 2.45) is 17.3 Å². The quantitative estimate of drug-likeness (QED) is 0.687. The molecule has 3 heteroatoms. The number of aliphatic hydroxyl groups excluding tert-OH is 1. The Labute approximate surface area is 78.8 Å². The van der Waals surface area contributed by atoms with Gasteiger partial charge in [0.1, 0.15) is 0 Å². The fourth-order valence-corrected chi connectivity index (χ4v) is 2.49. The van der Waals surface area contributed by atoms with Crippen LogP contribution in [0.25, 0.3) is 0 Å². The fourth-order valence-electron chi connectivity index (χ4n) is 2.49. The average molecular weight is 186 g/mol. The maximum Gasteiger partial charge on any atom is 0.306 e. The molecule has 0 heterocycles. The van der Waals surface area contributed by atoms with Gasteiger partial charge in [0, 0.05) is 6.61 Å². The summed E-state index contributed by atoms with van der Waals surface area (Å²) in [6, 6.07) is 0. The van der Waals surface area contributed by atoms with Crippen LogP contribution in [-0.4, -0.2) is 22.8 Å². The van der Waals surface area contributed by atoms with E-state index in [0.29, 0.717) is 12.3 Å². The molecule has 0 aromatic rings. The Kier molecular flexibility index (Phi) is 2.96. The van der Waals surface area contributed by atoms with Crippen LogP contribution in [0.2, 0.25) is 0 Å². The molecule has 1 rings (SSSR count). The second-order valence-electron chi connectivity index (χ2n) is 4.75. The summed E-state index contributed by atoms with van der Waals surface area (Å²) in [4.78, 5) is 10.8. The van der Waals surface area contributed by atoms with Gasteiger partial charge < -0.3 is 10.2 Å². The second-order valence-corrected chi connectivity index (χ2v) is 4.75. The summed E-state index contributed by atoms with van der Waals surface area (Å²) in [6.45, 7) is 4.13. The minimum atomic E-state index is -0.716. The third-order valence-corrected chi connectivity index (χ3v) is 3.00. The second kappa shape index (κ2) is 3.66. The van der Waals surface area contributed by atoms with E-state index in [0.717, 1.165) is 12.8 Å². The lowest BCUT2D eigenvalue weighted by atomic mass is 9.67. The molecule has 0 saturated heterocycles. The first-order valence-corrected chi connectivity index (χ1v) is 4.80. The van der Waals surface area contributed by atoms with Crippen molar-refractivity contribution in [1.29, 1.82) is 0 Å². The zero-order valence-corrected chi connectivity index (χ0v) is 8.29. The molecule has 0 spiro atoms. The van der Waals surface area contributed by atoms with E-state index in [4.69, 9.17) is 5.11 Å². The van der Waals surface area contributed by atoms with Crippen LogP contribution in [0, 0.1) is 17.3 Å². The van der Waals surface area contributed by atoms with Gasteiger partial charge in [-0.25, -0.2) is 0 Å². The Bertz CT molecular complexity index is 202. The van der Waals surface area contributed by atoms with E-state index < -0.39 is 5.97 Å². The van der Waals surface area contributed by atoms with Gasteiger partial charge in [0.25, 0.3) is 0 Å². The minimum Gasteiger partial charge on any atom is -0.481 e. The number of aliphatic carboxylic acids is 1. The fraction of sp³-hybridized carbons (Fsp3) is 0.900. The highest BCUT2D eigenvalue weighted by atomic mass is 16.4. The molecule has 1 aliphatic rings. The number of carboxylic acid groups (broad SMARTS) is 1. The highest BCUT2D eigenvalue weighted by Gasteiger charge is 2.37. The first-order valence-electron chi connectivity index (χ1n) is 4.80. The van der Waals surface area contributed by atoms with Gasteiger partial charge >= 0.3 is 5.97 Å². The Morgan fingerprint density at radius 1 is 1.54 bits per heavy atom. The molecule has 0 aromatic heterocycles. The number of aliphatic hydroxyl groups is 1. The lowest BCUT2D eigenvalue weighted by Gasteiger charge is -2.38. The molecule has 1 aliphatic carbocycles. The molecule has 13 heavy (non-hydrogen) atoms. The van der Waals surface area contributed by atoms with Gasteiger partial charge in [-0.2, -0.15) is 0 Å². The first-order chi connectivity index (χ1) is 5.97. The Balaban J connectivity index is 2.68. The Morgan fingerprint density at radius 2 is 2.15 bits per heavy atom. The molecule has 0 radical (unpaired) electrons. The summed E-state index contributed by atoms with van der Waals surface area (Å²) in [5.41, 5.74) is -0.180. The monoisotopic (exact) mass is 186 g/mol. The van der Waals surface area contributed by atoms with Gasteiger partial charge in [-0.3, -0.25) is 4.79 Å². The highest BCUT2D eigenvalue weighted by Crippen LogP contribution is 2.41. The summed E-state index contributed by atoms with van der Waals surface area (Å²) in [6.07, 6.45) is 2.31. The maximum atomic E-state index is 10.8. The molecule has 3 atom stereocenters. The maximum absolute atomic E-state index is 10.8. The molecule has 1 unspecified atom stereocenters. The van der Waals surface area contributed by atoms with Crippen molar-refractivity contribution in [1.82, 2.24) is 0 Å². The molecule has 0 aromatic carbocycles. The van der Waals surface area contributed by atoms with Crippen LogP contribution in [0.3, 0.4) is 0 Å². The third-order valence-electron chi connectivity index (χ3n) is 3.00. The van der Waals surface area contributed by atoms with E-state index in [1.54, 1.807) is 0 Å². The Morgan fingerprint density at radius 3 is 2.62 bits per heavy atom. The number of carbonyl (C=O) groups is 1. The minimum absolute atomic E-state index is 0.0983. The summed E-state index contributed by atoms with van der Waals surface area (Å²) in [7, 11) is 0. The summed E-state index contributed by atoms with van der Waals surface area (Å²) in [5, 5.41) is 18.1. The van der Waals surface area contributed by atoms with Crippen molar-refractivity contribution < 1.29 is 15.0 Å². The van der Waals surface area contributed by atoms with E-state index in [1.165, 1.54) is 0 Å². The molecule has 1 saturated carbocycles. The van der Waals surface area contributed by atoms with Gasteiger partial charge in [-0.1, -0.05) is 13.8 Å². The average Bonchev–Trinajstić information content (AvgIpc) is 2.03. The normalized spacial score (nSPS) is 40.2. The van der Waals surface area contributed by atoms with E-state index in [9.17, 15) is 9.90 Å². The van der Waals surface area contributed by atoms with E-state index in [2.05, 4.69) is 6.92 Å². The van der Waals surface area contributed by atoms with Gasteiger partial charge in [0.15, 0.2) is 0 Å². The number of hydrogen-bond donors (Lipinski definition) is 2. The van der Waals surface area contributed by atoms with E-state index >= 15 is 0 Å². The van der Waals surface area contributed by atoms with Crippen LogP contribution >= 0.6 is 0 Å². The molecule has 2 N–H and O–H groups in total. The lowest BCUT2D eigenvalue weighted by Crippen LogP contribution is -2.36. The Hall–Kier alpha value is -0.570. The number of rotatable bonds is 2. The predicted octanol–water partition coefficient (Wildman–Crippen LogP) is 1.51. The first kappa shape index (κ1) is 10.5. The van der Waals surface area contributed by atoms with Crippen LogP contribution < -0.4 is 0 Å². The summed E-state index contributed by atoms with van der Waals surface area (Å²) < 4.78 is 0. The molecule has 0 amide bonds. The van der Waals surface area contributed by atoms with Crippen molar-refractivity contribution in [2.45, 2.75) is 33.1 Å². The van der Waals surface area contributed by atoms with E-state index in [1.807, 2.05) is 6.92 Å². The summed E-state index contributed by atoms with van der Waals surface area (Å²) >= 11 is 0. The van der Waals surface area contributed by atoms with Crippen LogP contribution in [-0.2, 0) is 4.79 Å². The molecule has 76 valence electrons. The van der Waals surface area contributed by atoms with Crippen LogP contribution in [0.15, 0.2) is 0 Å². The van der Waals surface area contributed by atoms with Crippen LogP contribution in [0.1, 0.15) is 33.1 Å². The lowest BCUT2D eigenvalue weighted by molar-refractivity contribution is -0.145. The molecule has 1 fully saturated rings. The van der Waals surface area contributed by atoms with Gasteiger partial charge in [0.05, 0.1) is 5.92 Å². The van der Waals surface area contributed by atoms with Crippen LogP contribution in [0.5, 0.6) is 0 Å². The molecule has 0 bridgehead atoms. The van der Waals surface area contributed by atoms with Crippen molar-refractivity contribution in [3.63, 3.8) is 0 Å². The standard InChI is InChI=1S/C10H18O3/c1-7-3-8(9(12)13)5-10(2,4-7)6-11/h7-8,11H,3-6H2,1-2H3,(H,12,13)/t7-,8+,10?/m1/s1. The smallest absolute Gasteiger partial charge is 0.306 e. The highest BCUT2D eigenvalue weighted by molar-refractivity contribution is 5.70. The predicted molar refractivity (Wildman–Crippen MR) is 49.3 cm³/mol. The van der Waals surface area contributed by atoms with Gasteiger partial charge in [0.2, 0.25) is 0 Å². The zero-order valence-electron chi connectivity index (χ0n) is 8.29. The molecular formula is C10H18O3. The SMILES string of the molecule is C[C@@H]1C[C@H](C(=O)O)CC(C)(CO)C1. The molecule has 3 nitrogen and oxygen atoms in total. The van der Waals surface area contributed by atoms with E-state index in [-0.39, 0.29) is 17.9 Å². The molecular weight excluding hydrogens is 168 g/mol. The van der Waals surface area contributed by atoms with Crippen molar-refractivity contribution in [3.05, 3.63) is 0 Å². The van der Waals surface area contributed by atoms with Crippen molar-refractivity contribution >= 4 is 5.97 Å². The topological polar surface area (TPSA) is 57.5 Å². The van der Waals surface area contributed by atoms with Crippen LogP contribution in [0.4, 0.5) is 0 Å².